The molecule has 184 valence electrons. The molecule has 2 aromatic rings. The Bertz CT molecular complexity index is 1410. The second-order valence-electron chi connectivity index (χ2n) is 9.64. The van der Waals surface area contributed by atoms with Crippen LogP contribution in [0.5, 0.6) is 0 Å². The molecule has 2 aliphatic carbocycles. The fourth-order valence-corrected chi connectivity index (χ4v) is 6.42. The number of carbonyl (C=O) groups is 1. The van der Waals surface area contributed by atoms with E-state index in [9.17, 15) is 9.00 Å². The first-order chi connectivity index (χ1) is 17.4. The van der Waals surface area contributed by atoms with Gasteiger partial charge in [-0.05, 0) is 54.2 Å². The van der Waals surface area contributed by atoms with Crippen LogP contribution in [0.4, 0.5) is 0 Å². The third-order valence-corrected chi connectivity index (χ3v) is 8.05. The van der Waals surface area contributed by atoms with E-state index in [4.69, 9.17) is 4.74 Å². The lowest BCUT2D eigenvalue weighted by Crippen LogP contribution is -2.44. The van der Waals surface area contributed by atoms with Gasteiger partial charge in [0, 0.05) is 23.8 Å². The molecule has 0 fully saturated rings. The predicted molar refractivity (Wildman–Crippen MR) is 145 cm³/mol. The number of ether oxygens (including phenoxy) is 1. The Labute approximate surface area is 215 Å². The second-order valence-corrected chi connectivity index (χ2v) is 11.0. The van der Waals surface area contributed by atoms with Crippen molar-refractivity contribution in [2.24, 2.45) is 0 Å². The molecule has 5 heteroatoms. The van der Waals surface area contributed by atoms with Gasteiger partial charge in [-0.25, -0.2) is 0 Å². The maximum atomic E-state index is 14.6. The summed E-state index contributed by atoms with van der Waals surface area (Å²) in [6.45, 7) is 4.59. The number of aryl methyl sites for hydroxylation is 2. The van der Waals surface area contributed by atoms with E-state index < -0.39 is 10.8 Å². The van der Waals surface area contributed by atoms with E-state index in [1.807, 2.05) is 47.4 Å². The molecular formula is C31H31NO3S. The SMILES string of the molecule is COCC1c2ccccc2C[C@@H](c2cc(C)cc(C)c2)N1C(=O)c1cc(S(C)=O)c2cccccc1-2. The Morgan fingerprint density at radius 3 is 2.31 bits per heavy atom. The lowest BCUT2D eigenvalue weighted by Gasteiger charge is -2.43. The normalized spacial score (nSPS) is 18.2. The van der Waals surface area contributed by atoms with Crippen LogP contribution in [0.25, 0.3) is 11.1 Å². The second kappa shape index (κ2) is 10.00. The van der Waals surface area contributed by atoms with E-state index in [2.05, 4.69) is 50.2 Å². The minimum atomic E-state index is -1.22. The minimum Gasteiger partial charge on any atom is -0.382 e. The number of fused-ring (bicyclic) bond motifs is 2. The molecular weight excluding hydrogens is 466 g/mol. The number of rotatable bonds is 5. The Morgan fingerprint density at radius 1 is 0.944 bits per heavy atom. The monoisotopic (exact) mass is 497 g/mol. The van der Waals surface area contributed by atoms with Gasteiger partial charge in [0.1, 0.15) is 0 Å². The van der Waals surface area contributed by atoms with E-state index in [-0.39, 0.29) is 18.0 Å². The fraction of sp³-hybridized carbons (Fsp3) is 0.258. The highest BCUT2D eigenvalue weighted by Crippen LogP contribution is 2.44. The molecule has 0 saturated heterocycles. The van der Waals surface area contributed by atoms with Crippen LogP contribution in [0.1, 0.15) is 50.3 Å². The Balaban J connectivity index is 1.72. The molecule has 1 amide bonds. The summed E-state index contributed by atoms with van der Waals surface area (Å²) in [5.74, 6) is -0.0661. The summed E-state index contributed by atoms with van der Waals surface area (Å²) in [6.07, 6.45) is 2.39. The van der Waals surface area contributed by atoms with Crippen LogP contribution >= 0.6 is 0 Å². The number of benzene rings is 2. The van der Waals surface area contributed by atoms with Gasteiger partial charge in [-0.1, -0.05) is 83.9 Å². The first kappa shape index (κ1) is 24.4. The molecule has 36 heavy (non-hydrogen) atoms. The van der Waals surface area contributed by atoms with Gasteiger partial charge in [0.25, 0.3) is 5.91 Å². The van der Waals surface area contributed by atoms with Crippen molar-refractivity contribution < 1.29 is 13.7 Å². The molecule has 5 rings (SSSR count). The lowest BCUT2D eigenvalue weighted by molar-refractivity contribution is 0.0336. The largest absolute Gasteiger partial charge is 0.382 e. The van der Waals surface area contributed by atoms with Crippen LogP contribution in [0, 0.1) is 13.8 Å². The molecule has 0 spiro atoms. The molecule has 1 aliphatic heterocycles. The maximum Gasteiger partial charge on any atom is 0.255 e. The summed E-state index contributed by atoms with van der Waals surface area (Å²) in [6, 6.07) is 26.0. The number of carbonyl (C=O) groups excluding carboxylic acids is 1. The van der Waals surface area contributed by atoms with E-state index in [0.29, 0.717) is 17.1 Å². The molecule has 1 heterocycles. The van der Waals surface area contributed by atoms with Gasteiger partial charge in [0.05, 0.1) is 29.5 Å². The standard InChI is InChI=1S/C31H31NO3S/c1-20-14-21(2)16-23(15-20)28-17-22-10-8-9-11-24(22)29(19-35-3)32(28)31(33)27-18-30(36(4)34)26-13-7-5-6-12-25(26)27/h5-16,18,28-29H,17,19H2,1-4H3/t28-,29?,36?/m0/s1. The summed E-state index contributed by atoms with van der Waals surface area (Å²) >= 11 is 0. The number of hydrogen-bond acceptors (Lipinski definition) is 3. The summed E-state index contributed by atoms with van der Waals surface area (Å²) < 4.78 is 18.3. The van der Waals surface area contributed by atoms with Gasteiger partial charge in [-0.2, -0.15) is 0 Å². The summed E-state index contributed by atoms with van der Waals surface area (Å²) in [4.78, 5) is 17.3. The average molecular weight is 498 g/mol. The van der Waals surface area contributed by atoms with Gasteiger partial charge < -0.3 is 9.64 Å². The smallest absolute Gasteiger partial charge is 0.255 e. The number of amides is 1. The summed E-state index contributed by atoms with van der Waals surface area (Å²) in [7, 11) is 0.462. The van der Waals surface area contributed by atoms with E-state index >= 15 is 0 Å². The molecule has 4 nitrogen and oxygen atoms in total. The van der Waals surface area contributed by atoms with E-state index in [0.717, 1.165) is 28.7 Å². The molecule has 0 saturated carbocycles. The number of hydrogen-bond donors (Lipinski definition) is 0. The Morgan fingerprint density at radius 2 is 1.61 bits per heavy atom. The van der Waals surface area contributed by atoms with Crippen molar-refractivity contribution in [3.05, 3.63) is 112 Å². The fourth-order valence-electron chi connectivity index (χ4n) is 5.65. The number of methoxy groups -OCH3 is 1. The van der Waals surface area contributed by atoms with Crippen LogP contribution in [-0.4, -0.2) is 35.0 Å². The lowest BCUT2D eigenvalue weighted by atomic mass is 9.84. The third kappa shape index (κ3) is 4.38. The van der Waals surface area contributed by atoms with Crippen molar-refractivity contribution in [3.8, 4) is 11.1 Å². The number of nitrogens with zero attached hydrogens (tertiary/aromatic N) is 1. The molecule has 2 unspecified atom stereocenters. The van der Waals surface area contributed by atoms with E-state index in [1.165, 1.54) is 16.7 Å². The van der Waals surface area contributed by atoms with Gasteiger partial charge in [0.15, 0.2) is 0 Å². The predicted octanol–water partition coefficient (Wildman–Crippen LogP) is 6.27. The van der Waals surface area contributed by atoms with Gasteiger partial charge in [-0.3, -0.25) is 9.00 Å². The molecule has 0 radical (unpaired) electrons. The topological polar surface area (TPSA) is 46.6 Å². The van der Waals surface area contributed by atoms with E-state index in [1.54, 1.807) is 13.4 Å². The molecule has 0 N–H and O–H groups in total. The van der Waals surface area contributed by atoms with Gasteiger partial charge >= 0.3 is 0 Å². The van der Waals surface area contributed by atoms with Gasteiger partial charge in [0.2, 0.25) is 0 Å². The van der Waals surface area contributed by atoms with Crippen molar-refractivity contribution in [2.75, 3.05) is 20.0 Å². The third-order valence-electron chi connectivity index (χ3n) is 7.10. The maximum absolute atomic E-state index is 14.6. The molecule has 3 atom stereocenters. The van der Waals surface area contributed by atoms with Crippen LogP contribution in [0.3, 0.4) is 0 Å². The van der Waals surface area contributed by atoms with Gasteiger partial charge in [-0.15, -0.1) is 0 Å². The zero-order chi connectivity index (χ0) is 25.4. The molecule has 3 aliphatic rings. The minimum absolute atomic E-state index is 0.0661. The first-order valence-electron chi connectivity index (χ1n) is 12.2. The highest BCUT2D eigenvalue weighted by molar-refractivity contribution is 7.84. The molecule has 0 aromatic heterocycles. The van der Waals surface area contributed by atoms with Crippen LogP contribution in [0.2, 0.25) is 0 Å². The van der Waals surface area contributed by atoms with Crippen LogP contribution in [0.15, 0.2) is 83.8 Å². The Kier molecular flexibility index (Phi) is 6.78. The zero-order valence-corrected chi connectivity index (χ0v) is 22.0. The summed E-state index contributed by atoms with van der Waals surface area (Å²) in [5, 5.41) is 0. The van der Waals surface area contributed by atoms with Crippen LogP contribution < -0.4 is 0 Å². The molecule has 2 aromatic carbocycles. The highest BCUT2D eigenvalue weighted by Gasteiger charge is 2.40. The average Bonchev–Trinajstić information content (AvgIpc) is 3.04. The van der Waals surface area contributed by atoms with Crippen LogP contribution in [-0.2, 0) is 22.0 Å². The Hall–Kier alpha value is -3.28. The van der Waals surface area contributed by atoms with Crippen molar-refractivity contribution in [1.29, 1.82) is 0 Å². The van der Waals surface area contributed by atoms with Crippen molar-refractivity contribution in [3.63, 3.8) is 0 Å². The van der Waals surface area contributed by atoms with Crippen molar-refractivity contribution in [2.45, 2.75) is 37.2 Å². The van der Waals surface area contributed by atoms with Crippen molar-refractivity contribution in [1.82, 2.24) is 4.90 Å². The summed E-state index contributed by atoms with van der Waals surface area (Å²) in [5.41, 5.74) is 8.09. The first-order valence-corrected chi connectivity index (χ1v) is 13.8. The highest BCUT2D eigenvalue weighted by atomic mass is 32.2. The van der Waals surface area contributed by atoms with Crippen molar-refractivity contribution >= 4 is 16.7 Å². The zero-order valence-electron chi connectivity index (χ0n) is 21.2. The quantitative estimate of drug-likeness (QED) is 0.326. The molecule has 0 bridgehead atoms.